The Morgan fingerprint density at radius 2 is 2.13 bits per heavy atom. The van der Waals surface area contributed by atoms with E-state index < -0.39 is 0 Å². The van der Waals surface area contributed by atoms with E-state index in [0.29, 0.717) is 18.0 Å². The average Bonchev–Trinajstić information content (AvgIpc) is 2.12. The highest BCUT2D eigenvalue weighted by atomic mass is 16.2. The second-order valence-corrected chi connectivity index (χ2v) is 5.63. The second kappa shape index (κ2) is 4.97. The molecule has 0 heterocycles. The van der Waals surface area contributed by atoms with Crippen LogP contribution in [0.5, 0.6) is 0 Å². The summed E-state index contributed by atoms with van der Waals surface area (Å²) in [5, 5.41) is 3.37. The van der Waals surface area contributed by atoms with E-state index in [-0.39, 0.29) is 5.91 Å². The van der Waals surface area contributed by atoms with E-state index in [9.17, 15) is 4.79 Å². The highest BCUT2D eigenvalue weighted by molar-refractivity contribution is 5.77. The number of carbonyl (C=O) groups excluding carboxylic acids is 1. The van der Waals surface area contributed by atoms with Gasteiger partial charge in [-0.25, -0.2) is 0 Å². The Morgan fingerprint density at radius 3 is 2.67 bits per heavy atom. The minimum atomic E-state index is 0.165. The number of amides is 1. The molecule has 0 aromatic rings. The normalized spacial score (nSPS) is 24.9. The standard InChI is InChI=1S/C12H24N2O/c1-12(2)7-5-6-10(8-12)13-9-11(15)14(3)4/h10,13H,5-9H2,1-4H3/t10-/m1/s1. The Kier molecular flexibility index (Phi) is 4.14. The van der Waals surface area contributed by atoms with Crippen LogP contribution >= 0.6 is 0 Å². The summed E-state index contributed by atoms with van der Waals surface area (Å²) in [5.41, 5.74) is 0.442. The zero-order valence-electron chi connectivity index (χ0n) is 10.5. The number of likely N-dealkylation sites (N-methyl/N-ethyl adjacent to an activating group) is 1. The lowest BCUT2D eigenvalue weighted by Gasteiger charge is -2.35. The highest BCUT2D eigenvalue weighted by Gasteiger charge is 2.27. The molecule has 88 valence electrons. The molecule has 3 nitrogen and oxygen atoms in total. The van der Waals surface area contributed by atoms with E-state index in [0.717, 1.165) is 0 Å². The van der Waals surface area contributed by atoms with Crippen LogP contribution in [0.15, 0.2) is 0 Å². The van der Waals surface area contributed by atoms with Gasteiger partial charge in [-0.2, -0.15) is 0 Å². The fourth-order valence-electron chi connectivity index (χ4n) is 2.26. The van der Waals surface area contributed by atoms with Crippen molar-refractivity contribution in [2.45, 2.75) is 45.6 Å². The average molecular weight is 212 g/mol. The van der Waals surface area contributed by atoms with Crippen LogP contribution in [0.4, 0.5) is 0 Å². The molecule has 1 saturated carbocycles. The Balaban J connectivity index is 2.30. The predicted molar refractivity (Wildman–Crippen MR) is 62.7 cm³/mol. The Bertz CT molecular complexity index is 224. The van der Waals surface area contributed by atoms with Crippen LogP contribution in [0.2, 0.25) is 0 Å². The van der Waals surface area contributed by atoms with Gasteiger partial charge in [0.05, 0.1) is 6.54 Å². The molecule has 1 rings (SSSR count). The third kappa shape index (κ3) is 4.20. The maximum atomic E-state index is 11.4. The lowest BCUT2D eigenvalue weighted by atomic mass is 9.75. The first-order valence-electron chi connectivity index (χ1n) is 5.84. The van der Waals surface area contributed by atoms with E-state index in [1.807, 2.05) is 0 Å². The van der Waals surface area contributed by atoms with Crippen molar-refractivity contribution in [3.8, 4) is 0 Å². The van der Waals surface area contributed by atoms with Gasteiger partial charge in [0, 0.05) is 20.1 Å². The van der Waals surface area contributed by atoms with Gasteiger partial charge in [-0.05, 0) is 24.7 Å². The van der Waals surface area contributed by atoms with Gasteiger partial charge < -0.3 is 10.2 Å². The molecule has 1 fully saturated rings. The number of hydrogen-bond acceptors (Lipinski definition) is 2. The molecule has 0 saturated heterocycles. The molecular formula is C12H24N2O. The first-order valence-corrected chi connectivity index (χ1v) is 5.84. The summed E-state index contributed by atoms with van der Waals surface area (Å²) in [7, 11) is 3.60. The molecule has 1 atom stereocenters. The van der Waals surface area contributed by atoms with Crippen molar-refractivity contribution in [2.24, 2.45) is 5.41 Å². The van der Waals surface area contributed by atoms with Crippen LogP contribution in [0.1, 0.15) is 39.5 Å². The molecule has 1 aliphatic carbocycles. The summed E-state index contributed by atoms with van der Waals surface area (Å²) in [6.45, 7) is 5.11. The molecule has 1 amide bonds. The number of nitrogens with one attached hydrogen (secondary N) is 1. The van der Waals surface area contributed by atoms with Gasteiger partial charge in [0.1, 0.15) is 0 Å². The fraction of sp³-hybridized carbons (Fsp3) is 0.917. The topological polar surface area (TPSA) is 32.3 Å². The van der Waals surface area contributed by atoms with Crippen molar-refractivity contribution >= 4 is 5.91 Å². The van der Waals surface area contributed by atoms with Crippen LogP contribution in [-0.2, 0) is 4.79 Å². The fourth-order valence-corrected chi connectivity index (χ4v) is 2.26. The van der Waals surface area contributed by atoms with E-state index in [1.54, 1.807) is 19.0 Å². The van der Waals surface area contributed by atoms with Crippen molar-refractivity contribution in [3.63, 3.8) is 0 Å². The van der Waals surface area contributed by atoms with Gasteiger partial charge in [0.25, 0.3) is 0 Å². The molecule has 0 bridgehead atoms. The molecule has 0 aromatic carbocycles. The Morgan fingerprint density at radius 1 is 1.47 bits per heavy atom. The smallest absolute Gasteiger partial charge is 0.236 e. The lowest BCUT2D eigenvalue weighted by molar-refractivity contribution is -0.127. The van der Waals surface area contributed by atoms with Crippen LogP contribution in [0.25, 0.3) is 0 Å². The van der Waals surface area contributed by atoms with Crippen molar-refractivity contribution in [3.05, 3.63) is 0 Å². The van der Waals surface area contributed by atoms with E-state index in [4.69, 9.17) is 0 Å². The van der Waals surface area contributed by atoms with Crippen molar-refractivity contribution < 1.29 is 4.79 Å². The summed E-state index contributed by atoms with van der Waals surface area (Å²) in [6.07, 6.45) is 4.99. The molecule has 1 N–H and O–H groups in total. The second-order valence-electron chi connectivity index (χ2n) is 5.63. The summed E-state index contributed by atoms with van der Waals surface area (Å²) in [6, 6.07) is 0.526. The zero-order chi connectivity index (χ0) is 11.5. The van der Waals surface area contributed by atoms with Crippen molar-refractivity contribution in [2.75, 3.05) is 20.6 Å². The van der Waals surface area contributed by atoms with E-state index >= 15 is 0 Å². The van der Waals surface area contributed by atoms with Crippen LogP contribution < -0.4 is 5.32 Å². The summed E-state index contributed by atoms with van der Waals surface area (Å²) in [5.74, 6) is 0.165. The molecule has 1 aliphatic rings. The zero-order valence-corrected chi connectivity index (χ0v) is 10.5. The molecule has 0 spiro atoms. The molecule has 0 aliphatic heterocycles. The van der Waals surface area contributed by atoms with Crippen LogP contribution in [0.3, 0.4) is 0 Å². The molecule has 0 unspecified atom stereocenters. The largest absolute Gasteiger partial charge is 0.348 e. The third-order valence-corrected chi connectivity index (χ3v) is 3.25. The van der Waals surface area contributed by atoms with Gasteiger partial charge in [0.2, 0.25) is 5.91 Å². The minimum absolute atomic E-state index is 0.165. The molecule has 0 aromatic heterocycles. The SMILES string of the molecule is CN(C)C(=O)CN[C@@H]1CCCC(C)(C)C1. The van der Waals surface area contributed by atoms with Crippen molar-refractivity contribution in [1.82, 2.24) is 10.2 Å². The third-order valence-electron chi connectivity index (χ3n) is 3.25. The highest BCUT2D eigenvalue weighted by Crippen LogP contribution is 2.34. The van der Waals surface area contributed by atoms with Gasteiger partial charge in [-0.1, -0.05) is 20.3 Å². The van der Waals surface area contributed by atoms with E-state index in [1.165, 1.54) is 25.7 Å². The summed E-state index contributed by atoms with van der Waals surface area (Å²) in [4.78, 5) is 13.1. The molecule has 3 heteroatoms. The van der Waals surface area contributed by atoms with Crippen LogP contribution in [0, 0.1) is 5.41 Å². The van der Waals surface area contributed by atoms with Gasteiger partial charge >= 0.3 is 0 Å². The first-order chi connectivity index (χ1) is 6.91. The first kappa shape index (κ1) is 12.5. The number of hydrogen-bond donors (Lipinski definition) is 1. The van der Waals surface area contributed by atoms with Crippen LogP contribution in [-0.4, -0.2) is 37.5 Å². The van der Waals surface area contributed by atoms with Gasteiger partial charge in [0.15, 0.2) is 0 Å². The predicted octanol–water partition coefficient (Wildman–Crippen LogP) is 1.63. The van der Waals surface area contributed by atoms with Gasteiger partial charge in [-0.15, -0.1) is 0 Å². The molecule has 15 heavy (non-hydrogen) atoms. The number of rotatable bonds is 3. The Labute approximate surface area is 93.2 Å². The maximum Gasteiger partial charge on any atom is 0.236 e. The lowest BCUT2D eigenvalue weighted by Crippen LogP contribution is -2.42. The number of carbonyl (C=O) groups is 1. The maximum absolute atomic E-state index is 11.4. The summed E-state index contributed by atoms with van der Waals surface area (Å²) < 4.78 is 0. The van der Waals surface area contributed by atoms with Crippen molar-refractivity contribution in [1.29, 1.82) is 0 Å². The molecular weight excluding hydrogens is 188 g/mol. The Hall–Kier alpha value is -0.570. The van der Waals surface area contributed by atoms with Gasteiger partial charge in [-0.3, -0.25) is 4.79 Å². The number of nitrogens with zero attached hydrogens (tertiary/aromatic N) is 1. The summed E-state index contributed by atoms with van der Waals surface area (Å²) >= 11 is 0. The van der Waals surface area contributed by atoms with E-state index in [2.05, 4.69) is 19.2 Å². The quantitative estimate of drug-likeness (QED) is 0.771. The monoisotopic (exact) mass is 212 g/mol. The molecule has 0 radical (unpaired) electrons. The minimum Gasteiger partial charge on any atom is -0.348 e.